The van der Waals surface area contributed by atoms with Gasteiger partial charge in [-0.1, -0.05) is 41.9 Å². The predicted octanol–water partition coefficient (Wildman–Crippen LogP) is 4.00. The van der Waals surface area contributed by atoms with Crippen molar-refractivity contribution in [2.45, 2.75) is 6.54 Å². The van der Waals surface area contributed by atoms with Crippen molar-refractivity contribution in [3.8, 4) is 5.75 Å². The van der Waals surface area contributed by atoms with Crippen molar-refractivity contribution in [2.24, 2.45) is 7.05 Å². The Morgan fingerprint density at radius 3 is 2.77 bits per heavy atom. The van der Waals surface area contributed by atoms with Gasteiger partial charge in [0, 0.05) is 37.4 Å². The summed E-state index contributed by atoms with van der Waals surface area (Å²) < 4.78 is 7.90. The SMILES string of the molecule is Cn1cccc1CNCCOc1ccc2ccccc2c1Cl. The molecule has 0 aliphatic carbocycles. The second-order valence-electron chi connectivity index (χ2n) is 5.23. The van der Waals surface area contributed by atoms with Crippen LogP contribution < -0.4 is 10.1 Å². The molecule has 3 nitrogen and oxygen atoms in total. The number of fused-ring (bicyclic) bond motifs is 1. The van der Waals surface area contributed by atoms with Crippen LogP contribution in [0.25, 0.3) is 10.8 Å². The number of ether oxygens (including phenoxy) is 1. The van der Waals surface area contributed by atoms with Gasteiger partial charge in [0.2, 0.25) is 0 Å². The van der Waals surface area contributed by atoms with E-state index < -0.39 is 0 Å². The number of aryl methyl sites for hydroxylation is 1. The Hall–Kier alpha value is -1.97. The zero-order chi connectivity index (χ0) is 15.4. The summed E-state index contributed by atoms with van der Waals surface area (Å²) in [4.78, 5) is 0. The highest BCUT2D eigenvalue weighted by Gasteiger charge is 2.06. The van der Waals surface area contributed by atoms with E-state index in [1.807, 2.05) is 55.7 Å². The fraction of sp³-hybridized carbons (Fsp3) is 0.222. The van der Waals surface area contributed by atoms with E-state index in [4.69, 9.17) is 16.3 Å². The molecule has 114 valence electrons. The first kappa shape index (κ1) is 14.9. The molecular weight excluding hydrogens is 296 g/mol. The van der Waals surface area contributed by atoms with Gasteiger partial charge in [-0.3, -0.25) is 0 Å². The zero-order valence-electron chi connectivity index (χ0n) is 12.6. The van der Waals surface area contributed by atoms with Crippen molar-refractivity contribution in [1.29, 1.82) is 0 Å². The van der Waals surface area contributed by atoms with E-state index in [1.54, 1.807) is 0 Å². The lowest BCUT2D eigenvalue weighted by atomic mass is 10.1. The third-order valence-corrected chi connectivity index (χ3v) is 4.11. The lowest BCUT2D eigenvalue weighted by Gasteiger charge is -2.11. The summed E-state index contributed by atoms with van der Waals surface area (Å²) in [7, 11) is 2.04. The molecule has 0 atom stereocenters. The maximum atomic E-state index is 6.41. The van der Waals surface area contributed by atoms with E-state index in [0.29, 0.717) is 11.6 Å². The Morgan fingerprint density at radius 1 is 1.09 bits per heavy atom. The van der Waals surface area contributed by atoms with Gasteiger partial charge in [-0.25, -0.2) is 0 Å². The number of halogens is 1. The Kier molecular flexibility index (Phi) is 4.66. The molecule has 4 heteroatoms. The molecule has 22 heavy (non-hydrogen) atoms. The van der Waals surface area contributed by atoms with E-state index in [0.717, 1.165) is 29.6 Å². The van der Waals surface area contributed by atoms with Gasteiger partial charge >= 0.3 is 0 Å². The van der Waals surface area contributed by atoms with Crippen molar-refractivity contribution in [3.63, 3.8) is 0 Å². The van der Waals surface area contributed by atoms with Gasteiger partial charge in [-0.15, -0.1) is 0 Å². The average Bonchev–Trinajstić information content (AvgIpc) is 2.94. The minimum absolute atomic E-state index is 0.586. The number of hydrogen-bond donors (Lipinski definition) is 1. The van der Waals surface area contributed by atoms with E-state index in [9.17, 15) is 0 Å². The molecule has 0 saturated carbocycles. The second-order valence-corrected chi connectivity index (χ2v) is 5.61. The highest BCUT2D eigenvalue weighted by atomic mass is 35.5. The summed E-state index contributed by atoms with van der Waals surface area (Å²) >= 11 is 6.41. The quantitative estimate of drug-likeness (QED) is 0.696. The molecule has 0 aliphatic heterocycles. The molecule has 0 aliphatic rings. The van der Waals surface area contributed by atoms with E-state index in [-0.39, 0.29) is 0 Å². The third-order valence-electron chi connectivity index (χ3n) is 3.72. The van der Waals surface area contributed by atoms with Crippen LogP contribution in [0.4, 0.5) is 0 Å². The first-order valence-electron chi connectivity index (χ1n) is 7.36. The molecule has 0 fully saturated rings. The first-order valence-corrected chi connectivity index (χ1v) is 7.74. The fourth-order valence-electron chi connectivity index (χ4n) is 2.45. The Bertz CT molecular complexity index is 767. The summed E-state index contributed by atoms with van der Waals surface area (Å²) in [6.07, 6.45) is 2.04. The molecule has 0 spiro atoms. The molecule has 3 aromatic rings. The largest absolute Gasteiger partial charge is 0.491 e. The van der Waals surface area contributed by atoms with Gasteiger partial charge in [0.15, 0.2) is 0 Å². The summed E-state index contributed by atoms with van der Waals surface area (Å²) in [5.74, 6) is 0.737. The van der Waals surface area contributed by atoms with E-state index in [2.05, 4.69) is 16.0 Å². The summed E-state index contributed by atoms with van der Waals surface area (Å²) in [6, 6.07) is 16.2. The summed E-state index contributed by atoms with van der Waals surface area (Å²) in [5.41, 5.74) is 1.25. The van der Waals surface area contributed by atoms with Crippen LogP contribution in [-0.2, 0) is 13.6 Å². The standard InChI is InChI=1S/C18H19ClN2O/c1-21-11-4-6-15(21)13-20-10-12-22-17-9-8-14-5-2-3-7-16(14)18(17)19/h2-9,11,20H,10,12-13H2,1H3. The van der Waals surface area contributed by atoms with Crippen molar-refractivity contribution >= 4 is 22.4 Å². The van der Waals surface area contributed by atoms with Crippen LogP contribution in [0, 0.1) is 0 Å². The average molecular weight is 315 g/mol. The molecule has 1 aromatic heterocycles. The number of nitrogens with one attached hydrogen (secondary N) is 1. The van der Waals surface area contributed by atoms with Crippen LogP contribution in [0.2, 0.25) is 5.02 Å². The normalized spacial score (nSPS) is 11.0. The van der Waals surface area contributed by atoms with Crippen LogP contribution in [0.1, 0.15) is 5.69 Å². The third kappa shape index (κ3) is 3.26. The smallest absolute Gasteiger partial charge is 0.138 e. The minimum Gasteiger partial charge on any atom is -0.491 e. The Labute approximate surface area is 135 Å². The molecule has 2 aromatic carbocycles. The zero-order valence-corrected chi connectivity index (χ0v) is 13.3. The maximum Gasteiger partial charge on any atom is 0.138 e. The topological polar surface area (TPSA) is 26.2 Å². The van der Waals surface area contributed by atoms with Crippen molar-refractivity contribution in [2.75, 3.05) is 13.2 Å². The lowest BCUT2D eigenvalue weighted by molar-refractivity contribution is 0.313. The van der Waals surface area contributed by atoms with Crippen LogP contribution in [0.3, 0.4) is 0 Å². The van der Waals surface area contributed by atoms with Crippen LogP contribution in [-0.4, -0.2) is 17.7 Å². The molecule has 0 bridgehead atoms. The molecule has 1 N–H and O–H groups in total. The maximum absolute atomic E-state index is 6.41. The predicted molar refractivity (Wildman–Crippen MR) is 91.6 cm³/mol. The lowest BCUT2D eigenvalue weighted by Crippen LogP contribution is -2.21. The molecule has 3 rings (SSSR count). The van der Waals surface area contributed by atoms with Gasteiger partial charge in [0.1, 0.15) is 12.4 Å². The Morgan fingerprint density at radius 2 is 1.95 bits per heavy atom. The van der Waals surface area contributed by atoms with Gasteiger partial charge in [0.25, 0.3) is 0 Å². The van der Waals surface area contributed by atoms with Gasteiger partial charge in [0.05, 0.1) is 5.02 Å². The van der Waals surface area contributed by atoms with Crippen molar-refractivity contribution in [3.05, 3.63) is 65.4 Å². The van der Waals surface area contributed by atoms with Crippen LogP contribution in [0.15, 0.2) is 54.7 Å². The molecule has 0 saturated heterocycles. The van der Waals surface area contributed by atoms with E-state index >= 15 is 0 Å². The minimum atomic E-state index is 0.586. The number of aromatic nitrogens is 1. The molecule has 0 amide bonds. The molecular formula is C18H19ClN2O. The number of rotatable bonds is 6. The number of nitrogens with zero attached hydrogens (tertiary/aromatic N) is 1. The van der Waals surface area contributed by atoms with Gasteiger partial charge in [-0.05, 0) is 23.6 Å². The summed E-state index contributed by atoms with van der Waals surface area (Å²) in [6.45, 7) is 2.19. The van der Waals surface area contributed by atoms with Gasteiger partial charge in [-0.2, -0.15) is 0 Å². The second kappa shape index (κ2) is 6.86. The number of benzene rings is 2. The van der Waals surface area contributed by atoms with E-state index in [1.165, 1.54) is 5.69 Å². The van der Waals surface area contributed by atoms with Gasteiger partial charge < -0.3 is 14.6 Å². The fourth-order valence-corrected chi connectivity index (χ4v) is 2.74. The van der Waals surface area contributed by atoms with Crippen molar-refractivity contribution < 1.29 is 4.74 Å². The van der Waals surface area contributed by atoms with Crippen LogP contribution in [0.5, 0.6) is 5.75 Å². The molecule has 0 unspecified atom stereocenters. The molecule has 0 radical (unpaired) electrons. The highest BCUT2D eigenvalue weighted by Crippen LogP contribution is 2.32. The Balaban J connectivity index is 1.53. The number of hydrogen-bond acceptors (Lipinski definition) is 2. The van der Waals surface area contributed by atoms with Crippen LogP contribution >= 0.6 is 11.6 Å². The monoisotopic (exact) mass is 314 g/mol. The first-order chi connectivity index (χ1) is 10.8. The molecule has 1 heterocycles. The highest BCUT2D eigenvalue weighted by molar-refractivity contribution is 6.37. The van der Waals surface area contributed by atoms with Crippen molar-refractivity contribution in [1.82, 2.24) is 9.88 Å². The summed E-state index contributed by atoms with van der Waals surface area (Å²) in [5, 5.41) is 6.20.